The van der Waals surface area contributed by atoms with Gasteiger partial charge in [0.1, 0.15) is 17.8 Å². The second kappa shape index (κ2) is 7.62. The van der Waals surface area contributed by atoms with E-state index >= 15 is 0 Å². The lowest BCUT2D eigenvalue weighted by Crippen LogP contribution is -2.34. The van der Waals surface area contributed by atoms with Crippen LogP contribution in [-0.2, 0) is 13.0 Å². The molecule has 0 saturated heterocycles. The first-order valence-corrected chi connectivity index (χ1v) is 8.41. The largest absolute Gasteiger partial charge is 0.502 e. The first-order chi connectivity index (χ1) is 11.6. The summed E-state index contributed by atoms with van der Waals surface area (Å²) >= 11 is 0. The number of aromatic hydroxyl groups is 1. The molecule has 2 aromatic rings. The van der Waals surface area contributed by atoms with Gasteiger partial charge in [-0.25, -0.2) is 4.39 Å². The minimum atomic E-state index is -0.423. The van der Waals surface area contributed by atoms with E-state index in [1.807, 2.05) is 6.07 Å². The molecule has 128 valence electrons. The molecule has 1 aromatic carbocycles. The highest BCUT2D eigenvalue weighted by Gasteiger charge is 2.23. The third-order valence-corrected chi connectivity index (χ3v) is 4.64. The van der Waals surface area contributed by atoms with Gasteiger partial charge in [-0.3, -0.25) is 9.69 Å². The molecule has 4 nitrogen and oxygen atoms in total. The Morgan fingerprint density at radius 2 is 2.04 bits per heavy atom. The van der Waals surface area contributed by atoms with Gasteiger partial charge in [-0.15, -0.1) is 0 Å². The maximum absolute atomic E-state index is 13.3. The first-order valence-electron chi connectivity index (χ1n) is 8.41. The average molecular weight is 331 g/mol. The number of rotatable bonds is 6. The zero-order valence-corrected chi connectivity index (χ0v) is 13.6. The molecule has 24 heavy (non-hydrogen) atoms. The molecule has 1 heterocycles. The van der Waals surface area contributed by atoms with Gasteiger partial charge in [-0.1, -0.05) is 25.0 Å². The van der Waals surface area contributed by atoms with E-state index in [2.05, 4.69) is 4.90 Å². The number of benzene rings is 1. The van der Waals surface area contributed by atoms with E-state index in [0.717, 1.165) is 37.6 Å². The molecule has 0 aliphatic heterocycles. The Hall–Kier alpha value is -2.14. The van der Waals surface area contributed by atoms with Gasteiger partial charge >= 0.3 is 0 Å². The summed E-state index contributed by atoms with van der Waals surface area (Å²) < 4.78 is 18.7. The van der Waals surface area contributed by atoms with E-state index in [9.17, 15) is 14.3 Å². The van der Waals surface area contributed by atoms with Crippen molar-refractivity contribution in [2.24, 2.45) is 0 Å². The molecular formula is C19H22FNO3. The average Bonchev–Trinajstić information content (AvgIpc) is 3.09. The van der Waals surface area contributed by atoms with Gasteiger partial charge in [-0.05, 0) is 37.0 Å². The van der Waals surface area contributed by atoms with Crippen LogP contribution in [-0.4, -0.2) is 22.6 Å². The lowest BCUT2D eigenvalue weighted by molar-refractivity contribution is 0.175. The molecule has 1 aliphatic rings. The molecule has 0 unspecified atom stereocenters. The molecular weight excluding hydrogens is 309 g/mol. The fourth-order valence-corrected chi connectivity index (χ4v) is 3.35. The molecule has 1 N–H and O–H groups in total. The van der Waals surface area contributed by atoms with Crippen LogP contribution in [0.25, 0.3) is 0 Å². The molecule has 1 fully saturated rings. The van der Waals surface area contributed by atoms with Crippen molar-refractivity contribution in [3.05, 3.63) is 64.0 Å². The zero-order chi connectivity index (χ0) is 16.9. The summed E-state index contributed by atoms with van der Waals surface area (Å²) in [7, 11) is 0. The SMILES string of the molecule is O=c1cc(CN(CCc2cccc(F)c2)C2CCCC2)occ1O. The Kier molecular flexibility index (Phi) is 5.30. The molecule has 5 heteroatoms. The van der Waals surface area contributed by atoms with Gasteiger partial charge in [0, 0.05) is 18.7 Å². The van der Waals surface area contributed by atoms with E-state index in [-0.39, 0.29) is 11.6 Å². The summed E-state index contributed by atoms with van der Waals surface area (Å²) in [5.74, 6) is -0.0423. The van der Waals surface area contributed by atoms with Gasteiger partial charge in [-0.2, -0.15) is 0 Å². The van der Waals surface area contributed by atoms with Crippen LogP contribution >= 0.6 is 0 Å². The Bertz CT molecular complexity index is 737. The van der Waals surface area contributed by atoms with Crippen molar-refractivity contribution in [3.63, 3.8) is 0 Å². The van der Waals surface area contributed by atoms with Crippen LogP contribution < -0.4 is 5.43 Å². The van der Waals surface area contributed by atoms with E-state index < -0.39 is 5.43 Å². The minimum absolute atomic E-state index is 0.218. The molecule has 1 aromatic heterocycles. The second-order valence-electron chi connectivity index (χ2n) is 6.38. The molecule has 0 atom stereocenters. The number of hydrogen-bond donors (Lipinski definition) is 1. The van der Waals surface area contributed by atoms with Crippen LogP contribution in [0.2, 0.25) is 0 Å². The van der Waals surface area contributed by atoms with Crippen molar-refractivity contribution < 1.29 is 13.9 Å². The predicted octanol–water partition coefficient (Wildman–Crippen LogP) is 3.47. The Balaban J connectivity index is 1.70. The van der Waals surface area contributed by atoms with E-state index in [1.165, 1.54) is 25.0 Å². The van der Waals surface area contributed by atoms with E-state index in [4.69, 9.17) is 4.42 Å². The van der Waals surface area contributed by atoms with Crippen molar-refractivity contribution in [1.29, 1.82) is 0 Å². The Morgan fingerprint density at radius 1 is 1.25 bits per heavy atom. The molecule has 0 radical (unpaired) electrons. The summed E-state index contributed by atoms with van der Waals surface area (Å²) in [6, 6.07) is 8.47. The van der Waals surface area contributed by atoms with E-state index in [0.29, 0.717) is 18.3 Å². The van der Waals surface area contributed by atoms with Gasteiger partial charge in [0.05, 0.1) is 6.54 Å². The van der Waals surface area contributed by atoms with Crippen LogP contribution in [0.3, 0.4) is 0 Å². The topological polar surface area (TPSA) is 53.7 Å². The maximum atomic E-state index is 13.3. The normalized spacial score (nSPS) is 15.2. The number of halogens is 1. The van der Waals surface area contributed by atoms with Gasteiger partial charge < -0.3 is 9.52 Å². The van der Waals surface area contributed by atoms with Crippen molar-refractivity contribution in [2.45, 2.75) is 44.7 Å². The van der Waals surface area contributed by atoms with Crippen molar-refractivity contribution in [3.8, 4) is 5.75 Å². The fraction of sp³-hybridized carbons (Fsp3) is 0.421. The monoisotopic (exact) mass is 331 g/mol. The maximum Gasteiger partial charge on any atom is 0.226 e. The molecule has 0 amide bonds. The third kappa shape index (κ3) is 4.23. The highest BCUT2D eigenvalue weighted by molar-refractivity contribution is 5.17. The summed E-state index contributed by atoms with van der Waals surface area (Å²) in [5, 5.41) is 9.31. The molecule has 0 bridgehead atoms. The highest BCUT2D eigenvalue weighted by atomic mass is 19.1. The van der Waals surface area contributed by atoms with Gasteiger partial charge in [0.2, 0.25) is 5.43 Å². The van der Waals surface area contributed by atoms with Crippen molar-refractivity contribution >= 4 is 0 Å². The number of nitrogens with zero attached hydrogens (tertiary/aromatic N) is 1. The molecule has 0 spiro atoms. The van der Waals surface area contributed by atoms with Crippen LogP contribution in [0, 0.1) is 5.82 Å². The number of hydrogen-bond acceptors (Lipinski definition) is 4. The third-order valence-electron chi connectivity index (χ3n) is 4.64. The summed E-state index contributed by atoms with van der Waals surface area (Å²) in [6.07, 6.45) is 6.52. The Morgan fingerprint density at radius 3 is 2.75 bits per heavy atom. The van der Waals surface area contributed by atoms with Crippen LogP contribution in [0.1, 0.15) is 37.0 Å². The van der Waals surface area contributed by atoms with Crippen molar-refractivity contribution in [1.82, 2.24) is 4.90 Å². The van der Waals surface area contributed by atoms with Crippen LogP contribution in [0.4, 0.5) is 4.39 Å². The van der Waals surface area contributed by atoms with Crippen molar-refractivity contribution in [2.75, 3.05) is 6.54 Å². The Labute approximate surface area is 140 Å². The summed E-state index contributed by atoms with van der Waals surface area (Å²) in [6.45, 7) is 1.30. The fourth-order valence-electron chi connectivity index (χ4n) is 3.35. The van der Waals surface area contributed by atoms with Crippen LogP contribution in [0.15, 0.2) is 45.8 Å². The van der Waals surface area contributed by atoms with Gasteiger partial charge in [0.15, 0.2) is 5.75 Å². The molecule has 1 aliphatic carbocycles. The van der Waals surface area contributed by atoms with Gasteiger partial charge in [0.25, 0.3) is 0 Å². The smallest absolute Gasteiger partial charge is 0.226 e. The zero-order valence-electron chi connectivity index (χ0n) is 13.6. The second-order valence-corrected chi connectivity index (χ2v) is 6.38. The minimum Gasteiger partial charge on any atom is -0.502 e. The molecule has 3 rings (SSSR count). The summed E-state index contributed by atoms with van der Waals surface area (Å²) in [4.78, 5) is 13.9. The quantitative estimate of drug-likeness (QED) is 0.880. The standard InChI is InChI=1S/C19H22FNO3/c20-15-5-3-4-14(10-15)8-9-21(16-6-1-2-7-16)12-17-11-18(22)19(23)13-24-17/h3-5,10-11,13,16,23H,1-2,6-9,12H2. The molecule has 1 saturated carbocycles. The highest BCUT2D eigenvalue weighted by Crippen LogP contribution is 2.25. The first kappa shape index (κ1) is 16.7. The lowest BCUT2D eigenvalue weighted by atomic mass is 10.1. The summed E-state index contributed by atoms with van der Waals surface area (Å²) in [5.41, 5.74) is 0.540. The van der Waals surface area contributed by atoms with E-state index in [1.54, 1.807) is 12.1 Å². The lowest BCUT2D eigenvalue weighted by Gasteiger charge is -2.28. The predicted molar refractivity (Wildman–Crippen MR) is 89.4 cm³/mol. The van der Waals surface area contributed by atoms with Crippen LogP contribution in [0.5, 0.6) is 5.75 Å².